The van der Waals surface area contributed by atoms with E-state index in [0.29, 0.717) is 5.92 Å². The molecule has 1 amide bonds. The number of aryl methyl sites for hydroxylation is 2. The van der Waals surface area contributed by atoms with Crippen molar-refractivity contribution in [3.8, 4) is 0 Å². The third-order valence-electron chi connectivity index (χ3n) is 4.45. The minimum absolute atomic E-state index is 0.0894. The number of amides is 1. The van der Waals surface area contributed by atoms with Gasteiger partial charge in [0.05, 0.1) is 0 Å². The number of nitrogens with one attached hydrogen (secondary N) is 1. The van der Waals surface area contributed by atoms with Crippen molar-refractivity contribution in [2.45, 2.75) is 51.4 Å². The smallest absolute Gasteiger partial charge is 0.216 e. The topological polar surface area (TPSA) is 29.1 Å². The molecular formula is C16H21NO. The Morgan fingerprint density at radius 2 is 2.11 bits per heavy atom. The fourth-order valence-electron chi connectivity index (χ4n) is 3.66. The zero-order chi connectivity index (χ0) is 12.5. The van der Waals surface area contributed by atoms with Gasteiger partial charge in [0.25, 0.3) is 0 Å². The zero-order valence-electron chi connectivity index (χ0n) is 11.1. The molecule has 0 aromatic heterocycles. The quantitative estimate of drug-likeness (QED) is 0.869. The maximum atomic E-state index is 10.9. The lowest BCUT2D eigenvalue weighted by molar-refractivity contribution is -0.118. The van der Waals surface area contributed by atoms with E-state index in [0.717, 1.165) is 13.0 Å². The first-order chi connectivity index (χ1) is 8.75. The third-order valence-corrected chi connectivity index (χ3v) is 4.45. The average molecular weight is 243 g/mol. The number of benzene rings is 1. The van der Waals surface area contributed by atoms with E-state index < -0.39 is 0 Å². The fraction of sp³-hybridized carbons (Fsp3) is 0.562. The minimum Gasteiger partial charge on any atom is -0.356 e. The SMILES string of the molecule is CC(=O)NCC[C@@H]1CCc2ccc3c(c21)CCC3. The molecule has 2 aliphatic carbocycles. The molecule has 0 aliphatic heterocycles. The minimum atomic E-state index is 0.0894. The number of rotatable bonds is 3. The van der Waals surface area contributed by atoms with Gasteiger partial charge < -0.3 is 5.32 Å². The average Bonchev–Trinajstić information content (AvgIpc) is 2.93. The van der Waals surface area contributed by atoms with Crippen molar-refractivity contribution in [1.82, 2.24) is 5.32 Å². The molecule has 0 saturated carbocycles. The standard InChI is InChI=1S/C16H21NO/c1-11(18)17-10-9-14-8-7-13-6-5-12-3-2-4-15(12)16(13)14/h5-6,14H,2-4,7-10H2,1H3,(H,17,18)/t14-/m0/s1. The number of hydrogen-bond acceptors (Lipinski definition) is 1. The van der Waals surface area contributed by atoms with E-state index in [4.69, 9.17) is 0 Å². The highest BCUT2D eigenvalue weighted by Crippen LogP contribution is 2.41. The Morgan fingerprint density at radius 3 is 2.94 bits per heavy atom. The van der Waals surface area contributed by atoms with Crippen molar-refractivity contribution in [1.29, 1.82) is 0 Å². The predicted molar refractivity (Wildman–Crippen MR) is 72.8 cm³/mol. The van der Waals surface area contributed by atoms with Gasteiger partial charge in [0, 0.05) is 13.5 Å². The Labute approximate surface area is 109 Å². The first-order valence-corrected chi connectivity index (χ1v) is 7.13. The Morgan fingerprint density at radius 1 is 1.28 bits per heavy atom. The second-order valence-electron chi connectivity index (χ2n) is 5.64. The van der Waals surface area contributed by atoms with Crippen molar-refractivity contribution in [2.75, 3.05) is 6.54 Å². The molecule has 96 valence electrons. The van der Waals surface area contributed by atoms with Crippen LogP contribution in [0.15, 0.2) is 12.1 Å². The monoisotopic (exact) mass is 243 g/mol. The van der Waals surface area contributed by atoms with Gasteiger partial charge in [0.1, 0.15) is 0 Å². The Bertz CT molecular complexity index is 478. The number of hydrogen-bond donors (Lipinski definition) is 1. The molecule has 1 aromatic rings. The highest BCUT2D eigenvalue weighted by Gasteiger charge is 2.28. The highest BCUT2D eigenvalue weighted by molar-refractivity contribution is 5.72. The first kappa shape index (κ1) is 11.8. The van der Waals surface area contributed by atoms with Crippen molar-refractivity contribution < 1.29 is 4.79 Å². The van der Waals surface area contributed by atoms with E-state index in [9.17, 15) is 4.79 Å². The highest BCUT2D eigenvalue weighted by atomic mass is 16.1. The van der Waals surface area contributed by atoms with Crippen LogP contribution < -0.4 is 5.32 Å². The molecule has 1 N–H and O–H groups in total. The molecule has 1 aromatic carbocycles. The summed E-state index contributed by atoms with van der Waals surface area (Å²) in [6, 6.07) is 4.69. The summed E-state index contributed by atoms with van der Waals surface area (Å²) in [5, 5.41) is 2.93. The van der Waals surface area contributed by atoms with Crippen molar-refractivity contribution >= 4 is 5.91 Å². The Hall–Kier alpha value is -1.31. The van der Waals surface area contributed by atoms with Crippen LogP contribution >= 0.6 is 0 Å². The Balaban J connectivity index is 1.78. The van der Waals surface area contributed by atoms with Crippen LogP contribution in [0.1, 0.15) is 54.4 Å². The molecule has 18 heavy (non-hydrogen) atoms. The summed E-state index contributed by atoms with van der Waals surface area (Å²) in [5.41, 5.74) is 6.46. The molecule has 0 unspecified atom stereocenters. The second kappa shape index (κ2) is 4.75. The molecule has 0 spiro atoms. The van der Waals surface area contributed by atoms with Gasteiger partial charge in [-0.1, -0.05) is 12.1 Å². The van der Waals surface area contributed by atoms with Gasteiger partial charge in [-0.05, 0) is 66.7 Å². The van der Waals surface area contributed by atoms with Crippen LogP contribution in [0.5, 0.6) is 0 Å². The largest absolute Gasteiger partial charge is 0.356 e. The van der Waals surface area contributed by atoms with E-state index in [2.05, 4.69) is 17.4 Å². The molecule has 0 radical (unpaired) electrons. The molecule has 0 fully saturated rings. The van der Waals surface area contributed by atoms with Crippen LogP contribution in [0.25, 0.3) is 0 Å². The van der Waals surface area contributed by atoms with Gasteiger partial charge >= 0.3 is 0 Å². The molecule has 2 aliphatic rings. The maximum Gasteiger partial charge on any atom is 0.216 e. The van der Waals surface area contributed by atoms with Crippen LogP contribution in [0, 0.1) is 0 Å². The van der Waals surface area contributed by atoms with Gasteiger partial charge in [0.2, 0.25) is 5.91 Å². The van der Waals surface area contributed by atoms with E-state index in [-0.39, 0.29) is 5.91 Å². The Kier molecular flexibility index (Phi) is 3.11. The van der Waals surface area contributed by atoms with Crippen molar-refractivity contribution in [3.05, 3.63) is 34.4 Å². The molecule has 0 bridgehead atoms. The van der Waals surface area contributed by atoms with Crippen LogP contribution in [0.4, 0.5) is 0 Å². The summed E-state index contributed by atoms with van der Waals surface area (Å²) in [4.78, 5) is 10.9. The van der Waals surface area contributed by atoms with Crippen LogP contribution in [0.2, 0.25) is 0 Å². The molecular weight excluding hydrogens is 222 g/mol. The van der Waals surface area contributed by atoms with Gasteiger partial charge in [0.15, 0.2) is 0 Å². The van der Waals surface area contributed by atoms with Gasteiger partial charge in [-0.2, -0.15) is 0 Å². The fourth-order valence-corrected chi connectivity index (χ4v) is 3.66. The second-order valence-corrected chi connectivity index (χ2v) is 5.64. The summed E-state index contributed by atoms with van der Waals surface area (Å²) in [5.74, 6) is 0.770. The predicted octanol–water partition coefficient (Wildman–Crippen LogP) is 2.73. The summed E-state index contributed by atoms with van der Waals surface area (Å²) in [6.45, 7) is 2.42. The molecule has 2 nitrogen and oxygen atoms in total. The summed E-state index contributed by atoms with van der Waals surface area (Å²) in [6.07, 6.45) is 7.46. The first-order valence-electron chi connectivity index (χ1n) is 7.13. The lowest BCUT2D eigenvalue weighted by atomic mass is 9.91. The lowest BCUT2D eigenvalue weighted by Gasteiger charge is -2.16. The van der Waals surface area contributed by atoms with Gasteiger partial charge in [-0.15, -0.1) is 0 Å². The molecule has 2 heteroatoms. The molecule has 3 rings (SSSR count). The maximum absolute atomic E-state index is 10.9. The van der Waals surface area contributed by atoms with Crippen molar-refractivity contribution in [2.24, 2.45) is 0 Å². The summed E-state index contributed by atoms with van der Waals surface area (Å²) < 4.78 is 0. The van der Waals surface area contributed by atoms with Gasteiger partial charge in [-0.3, -0.25) is 4.79 Å². The molecule has 0 heterocycles. The van der Waals surface area contributed by atoms with Crippen molar-refractivity contribution in [3.63, 3.8) is 0 Å². The van der Waals surface area contributed by atoms with E-state index in [1.54, 1.807) is 29.2 Å². The number of carbonyl (C=O) groups excluding carboxylic acids is 1. The van der Waals surface area contributed by atoms with E-state index in [1.165, 1.54) is 32.1 Å². The third kappa shape index (κ3) is 2.05. The summed E-state index contributed by atoms with van der Waals surface area (Å²) in [7, 11) is 0. The lowest BCUT2D eigenvalue weighted by Crippen LogP contribution is -2.22. The zero-order valence-corrected chi connectivity index (χ0v) is 11.1. The molecule has 1 atom stereocenters. The number of carbonyl (C=O) groups is 1. The normalized spacial score (nSPS) is 20.6. The molecule has 0 saturated heterocycles. The van der Waals surface area contributed by atoms with E-state index in [1.807, 2.05) is 0 Å². The number of fused-ring (bicyclic) bond motifs is 3. The van der Waals surface area contributed by atoms with Crippen LogP contribution in [0.3, 0.4) is 0 Å². The van der Waals surface area contributed by atoms with E-state index >= 15 is 0 Å². The van der Waals surface area contributed by atoms with Crippen LogP contribution in [-0.4, -0.2) is 12.5 Å². The van der Waals surface area contributed by atoms with Crippen LogP contribution in [-0.2, 0) is 24.1 Å². The summed E-state index contributed by atoms with van der Waals surface area (Å²) >= 11 is 0. The van der Waals surface area contributed by atoms with Gasteiger partial charge in [-0.25, -0.2) is 0 Å².